The minimum Gasteiger partial charge on any atom is -0.453 e. The van der Waals surface area contributed by atoms with Crippen LogP contribution in [0, 0.1) is 5.41 Å². The molecule has 3 atom stereocenters. The molecule has 0 aliphatic rings. The minimum atomic E-state index is -5.03. The molecule has 4 rings (SSSR count). The molecule has 10 nitrogen and oxygen atoms in total. The quantitative estimate of drug-likeness (QED) is 0.0971. The number of carbonyl (C=O) groups excluding carboxylic acids is 2. The zero-order chi connectivity index (χ0) is 39.1. The molecule has 0 aliphatic heterocycles. The van der Waals surface area contributed by atoms with Crippen molar-refractivity contribution < 1.29 is 41.0 Å². The molecule has 0 saturated carbocycles. The summed E-state index contributed by atoms with van der Waals surface area (Å²) in [6, 6.07) is 17.9. The number of alkyl halides is 3. The number of thiophene rings is 1. The number of nitrogen functional groups attached to an aromatic ring is 1. The van der Waals surface area contributed by atoms with Crippen LogP contribution in [0.2, 0.25) is 5.02 Å². The maximum Gasteiger partial charge on any atom is 0.413 e. The highest BCUT2D eigenvalue weighted by atomic mass is 35.5. The number of rotatable bonds is 14. The van der Waals surface area contributed by atoms with Gasteiger partial charge in [0.1, 0.15) is 10.9 Å². The number of nitrogens with zero attached hydrogens (tertiary/aromatic N) is 1. The van der Waals surface area contributed by atoms with Crippen molar-refractivity contribution in [3.8, 4) is 0 Å². The molecule has 5 N–H and O–H groups in total. The molecule has 53 heavy (non-hydrogen) atoms. The molecule has 0 aliphatic carbocycles. The Balaban J connectivity index is 1.76. The van der Waals surface area contributed by atoms with Crippen molar-refractivity contribution in [3.05, 3.63) is 117 Å². The van der Waals surface area contributed by atoms with Gasteiger partial charge >= 0.3 is 12.3 Å². The second-order valence-electron chi connectivity index (χ2n) is 13.5. The van der Waals surface area contributed by atoms with Crippen molar-refractivity contribution in [1.29, 1.82) is 0 Å². The second-order valence-corrected chi connectivity index (χ2v) is 16.9. The number of ether oxygens (including phenoxy) is 1. The highest BCUT2D eigenvalue weighted by Crippen LogP contribution is 2.41. The second kappa shape index (κ2) is 17.3. The molecule has 1 aromatic heterocycles. The number of hydrogen-bond donors (Lipinski definition) is 4. The topological polar surface area (TPSA) is 151 Å². The van der Waals surface area contributed by atoms with E-state index >= 15 is 0 Å². The van der Waals surface area contributed by atoms with E-state index in [0.29, 0.717) is 28.9 Å². The number of aliphatic hydroxyl groups is 1. The number of carbonyl (C=O) groups is 2. The fourth-order valence-electron chi connectivity index (χ4n) is 5.70. The van der Waals surface area contributed by atoms with Crippen LogP contribution in [0.1, 0.15) is 66.1 Å². The average molecular weight is 795 g/mol. The van der Waals surface area contributed by atoms with Gasteiger partial charge in [-0.1, -0.05) is 93.0 Å². The summed E-state index contributed by atoms with van der Waals surface area (Å²) >= 11 is 6.90. The van der Waals surface area contributed by atoms with Crippen molar-refractivity contribution in [1.82, 2.24) is 14.9 Å². The van der Waals surface area contributed by atoms with E-state index in [-0.39, 0.29) is 37.3 Å². The fraction of sp³-hybridized carbons (Fsp3) is 0.351. The van der Waals surface area contributed by atoms with Gasteiger partial charge in [-0.3, -0.25) is 4.79 Å². The van der Waals surface area contributed by atoms with Gasteiger partial charge in [0.2, 0.25) is 15.9 Å². The van der Waals surface area contributed by atoms with Gasteiger partial charge in [0, 0.05) is 27.9 Å². The van der Waals surface area contributed by atoms with Gasteiger partial charge in [0.05, 0.1) is 24.8 Å². The van der Waals surface area contributed by atoms with Crippen LogP contribution in [-0.4, -0.2) is 62.3 Å². The Bertz CT molecular complexity index is 1920. The molecule has 0 unspecified atom stereocenters. The Labute approximate surface area is 316 Å². The van der Waals surface area contributed by atoms with Gasteiger partial charge in [-0.05, 0) is 53.3 Å². The smallest absolute Gasteiger partial charge is 0.413 e. The van der Waals surface area contributed by atoms with Crippen molar-refractivity contribution in [3.63, 3.8) is 0 Å². The Morgan fingerprint density at radius 1 is 0.925 bits per heavy atom. The SMILES string of the molecule is COC(=O)N[C@H](C(=O)N[C@H](c1ccc([C@@H](CO)N(CCC(C)(C)C)S(=O)(=O)c2ccc(N)cc2Cl)s1)C(F)(F)F)C(c1ccccc1)c1ccccc1. The third-order valence-electron chi connectivity index (χ3n) is 8.41. The highest BCUT2D eigenvalue weighted by Gasteiger charge is 2.46. The van der Waals surface area contributed by atoms with Gasteiger partial charge in [-0.2, -0.15) is 17.5 Å². The molecule has 0 spiro atoms. The van der Waals surface area contributed by atoms with E-state index < -0.39 is 58.9 Å². The number of sulfonamides is 1. The van der Waals surface area contributed by atoms with Crippen LogP contribution < -0.4 is 16.4 Å². The normalized spacial score (nSPS) is 14.1. The molecule has 0 fully saturated rings. The molecule has 0 radical (unpaired) electrons. The number of alkyl carbamates (subject to hydrolysis) is 1. The summed E-state index contributed by atoms with van der Waals surface area (Å²) in [5.74, 6) is -2.08. The van der Waals surface area contributed by atoms with Gasteiger partial charge in [-0.25, -0.2) is 13.2 Å². The summed E-state index contributed by atoms with van der Waals surface area (Å²) in [4.78, 5) is 26.0. The lowest BCUT2D eigenvalue weighted by Gasteiger charge is -2.32. The zero-order valence-corrected chi connectivity index (χ0v) is 31.8. The molecule has 286 valence electrons. The number of aliphatic hydroxyl groups excluding tert-OH is 1. The lowest BCUT2D eigenvalue weighted by atomic mass is 9.84. The van der Waals surface area contributed by atoms with Gasteiger partial charge < -0.3 is 26.2 Å². The lowest BCUT2D eigenvalue weighted by molar-refractivity contribution is -0.163. The van der Waals surface area contributed by atoms with Gasteiger partial charge in [0.25, 0.3) is 0 Å². The first-order valence-electron chi connectivity index (χ1n) is 16.5. The van der Waals surface area contributed by atoms with Crippen molar-refractivity contribution >= 4 is 50.6 Å². The summed E-state index contributed by atoms with van der Waals surface area (Å²) in [6.45, 7) is 4.80. The number of halogens is 4. The summed E-state index contributed by atoms with van der Waals surface area (Å²) in [5, 5.41) is 15.0. The maximum atomic E-state index is 14.9. The first-order valence-corrected chi connectivity index (χ1v) is 19.1. The molecule has 16 heteroatoms. The molecule has 0 saturated heterocycles. The van der Waals surface area contributed by atoms with Crippen LogP contribution >= 0.6 is 22.9 Å². The Kier molecular flexibility index (Phi) is 13.6. The van der Waals surface area contributed by atoms with Crippen molar-refractivity contribution in [2.45, 2.75) is 62.3 Å². The van der Waals surface area contributed by atoms with Gasteiger partial charge in [0.15, 0.2) is 6.04 Å². The third kappa shape index (κ3) is 10.5. The summed E-state index contributed by atoms with van der Waals surface area (Å²) < 4.78 is 78.6. The number of amides is 2. The number of methoxy groups -OCH3 is 1. The van der Waals surface area contributed by atoms with E-state index in [2.05, 4.69) is 10.6 Å². The number of anilines is 1. The molecular formula is C37H42ClF3N4O6S2. The van der Waals surface area contributed by atoms with Crippen LogP contribution in [0.15, 0.2) is 95.9 Å². The number of nitrogens with two attached hydrogens (primary N) is 1. The highest BCUT2D eigenvalue weighted by molar-refractivity contribution is 7.89. The van der Waals surface area contributed by atoms with Crippen LogP contribution in [0.25, 0.3) is 0 Å². The first kappa shape index (κ1) is 41.6. The van der Waals surface area contributed by atoms with E-state index in [1.807, 2.05) is 20.8 Å². The predicted octanol–water partition coefficient (Wildman–Crippen LogP) is 7.42. The predicted molar refractivity (Wildman–Crippen MR) is 199 cm³/mol. The largest absolute Gasteiger partial charge is 0.453 e. The molecular weight excluding hydrogens is 753 g/mol. The number of hydrogen-bond acceptors (Lipinski definition) is 8. The van der Waals surface area contributed by atoms with Crippen LogP contribution in [-0.2, 0) is 19.6 Å². The Morgan fingerprint density at radius 3 is 1.98 bits per heavy atom. The molecule has 0 bridgehead atoms. The zero-order valence-electron chi connectivity index (χ0n) is 29.4. The molecule has 3 aromatic carbocycles. The summed E-state index contributed by atoms with van der Waals surface area (Å²) in [5.41, 5.74) is 6.73. The Morgan fingerprint density at radius 2 is 1.49 bits per heavy atom. The van der Waals surface area contributed by atoms with Crippen molar-refractivity contribution in [2.24, 2.45) is 5.41 Å². The first-order chi connectivity index (χ1) is 24.9. The van der Waals surface area contributed by atoms with E-state index in [9.17, 15) is 36.3 Å². The number of nitrogens with one attached hydrogen (secondary N) is 2. The maximum absolute atomic E-state index is 14.9. The van der Waals surface area contributed by atoms with E-state index in [0.717, 1.165) is 17.5 Å². The van der Waals surface area contributed by atoms with E-state index in [1.165, 1.54) is 24.3 Å². The standard InChI is InChI=1S/C37H42ClF3N4O6S2/c1-36(2,3)19-20-45(53(49,50)30-18-15-25(42)21-26(30)38)27(22-46)28-16-17-29(52-28)33(37(39,40)41)44-34(47)32(43-35(48)51-4)31(23-11-7-5-8-12-23)24-13-9-6-10-14-24/h5-18,21,27,31-33,46H,19-20,22,42H2,1-4H3,(H,43,48)(H,44,47)/t27-,32+,33-/m1/s1. The third-order valence-corrected chi connectivity index (χ3v) is 12.1. The van der Waals surface area contributed by atoms with Crippen LogP contribution in [0.5, 0.6) is 0 Å². The lowest BCUT2D eigenvalue weighted by Crippen LogP contribution is -2.52. The van der Waals surface area contributed by atoms with E-state index in [1.54, 1.807) is 60.7 Å². The average Bonchev–Trinajstić information content (AvgIpc) is 3.57. The number of benzene rings is 3. The molecule has 4 aromatic rings. The van der Waals surface area contributed by atoms with Crippen LogP contribution in [0.3, 0.4) is 0 Å². The van der Waals surface area contributed by atoms with Crippen LogP contribution in [0.4, 0.5) is 23.7 Å². The van der Waals surface area contributed by atoms with Crippen molar-refractivity contribution in [2.75, 3.05) is 26.0 Å². The molecule has 2 amide bonds. The monoisotopic (exact) mass is 794 g/mol. The fourth-order valence-corrected chi connectivity index (χ4v) is 9.08. The summed E-state index contributed by atoms with van der Waals surface area (Å²) in [6.07, 6.45) is -5.74. The molecule has 1 heterocycles. The Hall–Kier alpha value is -4.15. The van der Waals surface area contributed by atoms with Gasteiger partial charge in [-0.15, -0.1) is 11.3 Å². The minimum absolute atomic E-state index is 0.0886. The van der Waals surface area contributed by atoms with E-state index in [4.69, 9.17) is 22.1 Å². The summed E-state index contributed by atoms with van der Waals surface area (Å²) in [7, 11) is -3.36.